The van der Waals surface area contributed by atoms with Crippen molar-refractivity contribution in [2.75, 3.05) is 14.2 Å². The molecule has 0 spiro atoms. The van der Waals surface area contributed by atoms with E-state index in [1.165, 1.54) is 14.2 Å². The van der Waals surface area contributed by atoms with Crippen molar-refractivity contribution < 1.29 is 28.7 Å². The molecule has 0 aromatic heterocycles. The third-order valence-electron chi connectivity index (χ3n) is 3.55. The number of ether oxygens (including phenoxy) is 2. The lowest BCUT2D eigenvalue weighted by atomic mass is 10.3. The third kappa shape index (κ3) is 4.40. The smallest absolute Gasteiger partial charge is 0.309 e. The number of hydrazine groups is 2. The Hall–Kier alpha value is -2.20. The van der Waals surface area contributed by atoms with Crippen molar-refractivity contribution in [3.8, 4) is 0 Å². The zero-order chi connectivity index (χ0) is 16.9. The normalized spacial score (nSPS) is 27.5. The first-order chi connectivity index (χ1) is 10.4. The van der Waals surface area contributed by atoms with Crippen LogP contribution in [-0.2, 0) is 28.7 Å². The van der Waals surface area contributed by atoms with Gasteiger partial charge in [0.15, 0.2) is 0 Å². The molecule has 0 heterocycles. The first-order valence-corrected chi connectivity index (χ1v) is 6.57. The summed E-state index contributed by atoms with van der Waals surface area (Å²) < 4.78 is 8.90. The average Bonchev–Trinajstić information content (AvgIpc) is 3.44. The van der Waals surface area contributed by atoms with Gasteiger partial charge in [0.1, 0.15) is 0 Å². The van der Waals surface area contributed by atoms with Crippen LogP contribution in [0.1, 0.15) is 12.8 Å². The molecule has 124 valence electrons. The third-order valence-corrected chi connectivity index (χ3v) is 3.55. The van der Waals surface area contributed by atoms with Crippen LogP contribution in [0, 0.1) is 23.7 Å². The second kappa shape index (κ2) is 7.71. The van der Waals surface area contributed by atoms with E-state index in [1.54, 1.807) is 0 Å². The van der Waals surface area contributed by atoms with E-state index in [-0.39, 0.29) is 47.4 Å². The number of nitrogens with two attached hydrogens (primary N) is 2. The van der Waals surface area contributed by atoms with Crippen LogP contribution in [0.15, 0.2) is 0 Å². The van der Waals surface area contributed by atoms with Crippen LogP contribution in [0.3, 0.4) is 0 Å². The van der Waals surface area contributed by atoms with E-state index in [4.69, 9.17) is 11.7 Å². The number of hydrogen-bond acceptors (Lipinski definition) is 8. The summed E-state index contributed by atoms with van der Waals surface area (Å²) >= 11 is 0. The molecule has 0 aliphatic heterocycles. The zero-order valence-corrected chi connectivity index (χ0v) is 12.3. The van der Waals surface area contributed by atoms with E-state index in [2.05, 4.69) is 9.47 Å². The summed E-state index contributed by atoms with van der Waals surface area (Å²) in [5.74, 6) is 7.37. The molecule has 6 N–H and O–H groups in total. The molecule has 2 saturated carbocycles. The van der Waals surface area contributed by atoms with Crippen molar-refractivity contribution >= 4 is 23.8 Å². The van der Waals surface area contributed by atoms with Crippen molar-refractivity contribution in [3.05, 3.63) is 0 Å². The first kappa shape index (κ1) is 17.9. The topological polar surface area (TPSA) is 163 Å². The molecule has 10 nitrogen and oxygen atoms in total. The highest BCUT2D eigenvalue weighted by molar-refractivity contribution is 5.91. The highest BCUT2D eigenvalue weighted by atomic mass is 16.5. The Kier molecular flexibility index (Phi) is 6.25. The largest absolute Gasteiger partial charge is 0.469 e. The summed E-state index contributed by atoms with van der Waals surface area (Å²) in [4.78, 5) is 43.0. The Bertz CT molecular complexity index is 387. The van der Waals surface area contributed by atoms with Crippen LogP contribution < -0.4 is 22.5 Å². The highest BCUT2D eigenvalue weighted by Gasteiger charge is 2.50. The van der Waals surface area contributed by atoms with Gasteiger partial charge in [0, 0.05) is 0 Å². The molecule has 4 atom stereocenters. The van der Waals surface area contributed by atoms with Gasteiger partial charge in [-0.15, -0.1) is 0 Å². The molecule has 2 unspecified atom stereocenters. The Morgan fingerprint density at radius 2 is 1.09 bits per heavy atom. The van der Waals surface area contributed by atoms with Crippen LogP contribution in [0.25, 0.3) is 0 Å². The standard InChI is InChI=1S/C7H10O4.C5H10N4O2/c1-10-6(8)4-3-5(4)7(9)11-2;6-8-4(10)2-1-3(2)5(11)9-7/h4-5H,3H2,1-2H3;2-3H,1,6-7H2,(H,8,10)(H,9,11)/t4-,5?;2-,3?/m11/s1. The summed E-state index contributed by atoms with van der Waals surface area (Å²) in [6.07, 6.45) is 1.10. The Morgan fingerprint density at radius 3 is 1.36 bits per heavy atom. The summed E-state index contributed by atoms with van der Waals surface area (Å²) in [5, 5.41) is 0. The number of hydrogen-bond donors (Lipinski definition) is 4. The minimum Gasteiger partial charge on any atom is -0.469 e. The van der Waals surface area contributed by atoms with Crippen molar-refractivity contribution in [1.82, 2.24) is 10.9 Å². The zero-order valence-electron chi connectivity index (χ0n) is 12.3. The van der Waals surface area contributed by atoms with E-state index in [0.29, 0.717) is 12.8 Å². The Morgan fingerprint density at radius 1 is 0.773 bits per heavy atom. The van der Waals surface area contributed by atoms with Crippen molar-refractivity contribution in [2.24, 2.45) is 35.4 Å². The van der Waals surface area contributed by atoms with Crippen molar-refractivity contribution in [2.45, 2.75) is 12.8 Å². The van der Waals surface area contributed by atoms with Crippen LogP contribution in [-0.4, -0.2) is 38.0 Å². The Labute approximate surface area is 126 Å². The lowest BCUT2D eigenvalue weighted by molar-refractivity contribution is -0.148. The number of carbonyl (C=O) groups excluding carboxylic acids is 4. The van der Waals surface area contributed by atoms with E-state index >= 15 is 0 Å². The van der Waals surface area contributed by atoms with Gasteiger partial charge in [-0.2, -0.15) is 0 Å². The number of rotatable bonds is 4. The molecule has 2 aliphatic rings. The van der Waals surface area contributed by atoms with Gasteiger partial charge in [0.2, 0.25) is 11.8 Å². The predicted octanol–water partition coefficient (Wildman–Crippen LogP) is -2.43. The van der Waals surface area contributed by atoms with E-state index in [9.17, 15) is 19.2 Å². The van der Waals surface area contributed by atoms with Gasteiger partial charge in [0.05, 0.1) is 37.9 Å². The molecule has 2 amide bonds. The van der Waals surface area contributed by atoms with Gasteiger partial charge >= 0.3 is 11.9 Å². The van der Waals surface area contributed by atoms with E-state index < -0.39 is 0 Å². The second-order valence-corrected chi connectivity index (χ2v) is 4.96. The van der Waals surface area contributed by atoms with Gasteiger partial charge < -0.3 is 9.47 Å². The SMILES string of the molecule is COC(=O)C1C[C@H]1C(=O)OC.NNC(=O)C1C[C@H]1C(=O)NN. The molecule has 10 heteroatoms. The number of nitrogens with one attached hydrogen (secondary N) is 2. The number of amides is 2. The maximum atomic E-state index is 10.8. The fraction of sp³-hybridized carbons (Fsp3) is 0.667. The molecular weight excluding hydrogens is 296 g/mol. The van der Waals surface area contributed by atoms with Crippen molar-refractivity contribution in [1.29, 1.82) is 0 Å². The van der Waals surface area contributed by atoms with E-state index in [1.807, 2.05) is 10.9 Å². The molecule has 0 aromatic carbocycles. The summed E-state index contributed by atoms with van der Waals surface area (Å²) in [6, 6.07) is 0. The monoisotopic (exact) mass is 316 g/mol. The second-order valence-electron chi connectivity index (χ2n) is 4.96. The van der Waals surface area contributed by atoms with Crippen molar-refractivity contribution in [3.63, 3.8) is 0 Å². The first-order valence-electron chi connectivity index (χ1n) is 6.57. The van der Waals surface area contributed by atoms with Crippen LogP contribution >= 0.6 is 0 Å². The molecule has 2 rings (SSSR count). The maximum absolute atomic E-state index is 10.8. The molecule has 0 saturated heterocycles. The average molecular weight is 316 g/mol. The molecular formula is C12H20N4O6. The summed E-state index contributed by atoms with van der Waals surface area (Å²) in [7, 11) is 2.63. The van der Waals surface area contributed by atoms with Gasteiger partial charge in [-0.25, -0.2) is 11.7 Å². The summed E-state index contributed by atoms with van der Waals surface area (Å²) in [6.45, 7) is 0. The molecule has 0 radical (unpaired) electrons. The number of esters is 2. The summed E-state index contributed by atoms with van der Waals surface area (Å²) in [5.41, 5.74) is 3.95. The van der Waals surface area contributed by atoms with Gasteiger partial charge in [0.25, 0.3) is 0 Å². The molecule has 0 bridgehead atoms. The number of methoxy groups -OCH3 is 2. The number of carbonyl (C=O) groups is 4. The molecule has 0 aromatic rings. The fourth-order valence-electron chi connectivity index (χ4n) is 2.01. The van der Waals surface area contributed by atoms with Crippen LogP contribution in [0.2, 0.25) is 0 Å². The predicted molar refractivity (Wildman–Crippen MR) is 71.9 cm³/mol. The van der Waals surface area contributed by atoms with Gasteiger partial charge in [-0.1, -0.05) is 0 Å². The lowest BCUT2D eigenvalue weighted by Crippen LogP contribution is -2.36. The molecule has 2 fully saturated rings. The highest BCUT2D eigenvalue weighted by Crippen LogP contribution is 2.40. The quantitative estimate of drug-likeness (QED) is 0.192. The molecule has 22 heavy (non-hydrogen) atoms. The van der Waals surface area contributed by atoms with E-state index in [0.717, 1.165) is 0 Å². The maximum Gasteiger partial charge on any atom is 0.309 e. The molecule has 2 aliphatic carbocycles. The minimum atomic E-state index is -0.319. The minimum absolute atomic E-state index is 0.257. The van der Waals surface area contributed by atoms with Gasteiger partial charge in [-0.3, -0.25) is 30.0 Å². The van der Waals surface area contributed by atoms with Gasteiger partial charge in [-0.05, 0) is 12.8 Å². The fourth-order valence-corrected chi connectivity index (χ4v) is 2.01. The lowest BCUT2D eigenvalue weighted by Gasteiger charge is -1.96. The Balaban J connectivity index is 0.000000220. The van der Waals surface area contributed by atoms with Crippen LogP contribution in [0.4, 0.5) is 0 Å². The van der Waals surface area contributed by atoms with Crippen LogP contribution in [0.5, 0.6) is 0 Å².